The first kappa shape index (κ1) is 24.0. The normalized spacial score (nSPS) is 14.3. The molecule has 180 valence electrons. The molecular formula is C28H34N2O4. The van der Waals surface area contributed by atoms with Gasteiger partial charge in [-0.2, -0.15) is 0 Å². The lowest BCUT2D eigenvalue weighted by Crippen LogP contribution is -2.31. The molecule has 0 bridgehead atoms. The number of unbranched alkanes of at least 4 members (excludes halogenated alkanes) is 1. The molecule has 34 heavy (non-hydrogen) atoms. The van der Waals surface area contributed by atoms with E-state index in [1.54, 1.807) is 4.90 Å². The summed E-state index contributed by atoms with van der Waals surface area (Å²) in [5.74, 6) is 1.67. The first-order valence-corrected chi connectivity index (χ1v) is 12.3. The highest BCUT2D eigenvalue weighted by atomic mass is 16.5. The minimum Gasteiger partial charge on any atom is -0.493 e. The van der Waals surface area contributed by atoms with Gasteiger partial charge in [-0.1, -0.05) is 32.4 Å². The molecule has 1 saturated heterocycles. The van der Waals surface area contributed by atoms with Crippen LogP contribution in [0.3, 0.4) is 0 Å². The number of nitrogens with zero attached hydrogens (tertiary/aromatic N) is 2. The van der Waals surface area contributed by atoms with E-state index < -0.39 is 0 Å². The highest BCUT2D eigenvalue weighted by molar-refractivity contribution is 5.93. The number of ether oxygens (including phenoxy) is 3. The van der Waals surface area contributed by atoms with Gasteiger partial charge in [-0.15, -0.1) is 0 Å². The molecule has 0 aliphatic carbocycles. The summed E-state index contributed by atoms with van der Waals surface area (Å²) in [4.78, 5) is 19.1. The van der Waals surface area contributed by atoms with Gasteiger partial charge in [-0.05, 0) is 49.6 Å². The standard InChI is InChI=1S/C28H34N2O4/c1-4-6-14-33-28-20(3)26(29-25-11-10-21(5-2)17-24(25)28)19-34-23-9-7-8-22(18-23)30-13-16-32-15-12-27(30)31/h7-11,17-18H,4-6,12-16,19H2,1-3H3. The lowest BCUT2D eigenvalue weighted by Gasteiger charge is -2.21. The topological polar surface area (TPSA) is 60.9 Å². The zero-order chi connectivity index (χ0) is 23.9. The van der Waals surface area contributed by atoms with E-state index in [0.29, 0.717) is 45.1 Å². The lowest BCUT2D eigenvalue weighted by atomic mass is 10.0. The van der Waals surface area contributed by atoms with Crippen LogP contribution >= 0.6 is 0 Å². The smallest absolute Gasteiger partial charge is 0.229 e. The number of rotatable bonds is 9. The van der Waals surface area contributed by atoms with Crippen molar-refractivity contribution in [1.82, 2.24) is 4.98 Å². The van der Waals surface area contributed by atoms with Crippen molar-refractivity contribution in [3.8, 4) is 11.5 Å². The summed E-state index contributed by atoms with van der Waals surface area (Å²) in [5, 5.41) is 1.06. The van der Waals surface area contributed by atoms with Crippen molar-refractivity contribution >= 4 is 22.5 Å². The number of amides is 1. The number of benzene rings is 2. The van der Waals surface area contributed by atoms with Crippen molar-refractivity contribution in [2.75, 3.05) is 31.3 Å². The van der Waals surface area contributed by atoms with E-state index in [9.17, 15) is 4.79 Å². The first-order valence-electron chi connectivity index (χ1n) is 12.3. The van der Waals surface area contributed by atoms with Gasteiger partial charge in [-0.3, -0.25) is 4.79 Å². The van der Waals surface area contributed by atoms with Crippen molar-refractivity contribution in [2.24, 2.45) is 0 Å². The van der Waals surface area contributed by atoms with Crippen LogP contribution in [0.25, 0.3) is 10.9 Å². The second-order valence-electron chi connectivity index (χ2n) is 8.61. The van der Waals surface area contributed by atoms with Gasteiger partial charge in [0.05, 0.1) is 37.5 Å². The molecule has 1 aliphatic heterocycles. The van der Waals surface area contributed by atoms with Crippen molar-refractivity contribution in [3.63, 3.8) is 0 Å². The Hall–Kier alpha value is -3.12. The zero-order valence-corrected chi connectivity index (χ0v) is 20.4. The Morgan fingerprint density at radius 2 is 1.97 bits per heavy atom. The highest BCUT2D eigenvalue weighted by Crippen LogP contribution is 2.32. The largest absolute Gasteiger partial charge is 0.493 e. The number of fused-ring (bicyclic) bond motifs is 1. The minimum atomic E-state index is 0.0713. The lowest BCUT2D eigenvalue weighted by molar-refractivity contribution is -0.118. The highest BCUT2D eigenvalue weighted by Gasteiger charge is 2.19. The van der Waals surface area contributed by atoms with Gasteiger partial charge in [-0.25, -0.2) is 4.98 Å². The Morgan fingerprint density at radius 3 is 2.79 bits per heavy atom. The second kappa shape index (κ2) is 11.3. The van der Waals surface area contributed by atoms with Crippen molar-refractivity contribution in [1.29, 1.82) is 0 Å². The Balaban J connectivity index is 1.58. The van der Waals surface area contributed by atoms with E-state index in [0.717, 1.165) is 52.9 Å². The summed E-state index contributed by atoms with van der Waals surface area (Å²) in [7, 11) is 0. The van der Waals surface area contributed by atoms with E-state index in [2.05, 4.69) is 39.0 Å². The second-order valence-corrected chi connectivity index (χ2v) is 8.61. The van der Waals surface area contributed by atoms with Gasteiger partial charge in [0.1, 0.15) is 18.1 Å². The number of carbonyl (C=O) groups excluding carboxylic acids is 1. The molecule has 2 aromatic carbocycles. The fraction of sp³-hybridized carbons (Fsp3) is 0.429. The van der Waals surface area contributed by atoms with Crippen LogP contribution in [0, 0.1) is 6.92 Å². The molecule has 2 heterocycles. The Labute approximate surface area is 201 Å². The van der Waals surface area contributed by atoms with Crippen LogP contribution in [0.5, 0.6) is 11.5 Å². The number of hydrogen-bond donors (Lipinski definition) is 0. The monoisotopic (exact) mass is 462 g/mol. The van der Waals surface area contributed by atoms with Crippen LogP contribution in [0.1, 0.15) is 49.9 Å². The third-order valence-electron chi connectivity index (χ3n) is 6.21. The zero-order valence-electron chi connectivity index (χ0n) is 20.4. The Bertz CT molecular complexity index is 1140. The number of anilines is 1. The number of pyridine rings is 1. The van der Waals surface area contributed by atoms with Gasteiger partial charge in [0.2, 0.25) is 5.91 Å². The third kappa shape index (κ3) is 5.50. The van der Waals surface area contributed by atoms with Crippen LogP contribution in [0.2, 0.25) is 0 Å². The van der Waals surface area contributed by atoms with Crippen LogP contribution in [0.15, 0.2) is 42.5 Å². The number of carbonyl (C=O) groups is 1. The first-order chi connectivity index (χ1) is 16.6. The molecule has 0 radical (unpaired) electrons. The van der Waals surface area contributed by atoms with Gasteiger partial charge >= 0.3 is 0 Å². The minimum absolute atomic E-state index is 0.0713. The van der Waals surface area contributed by atoms with Crippen molar-refractivity contribution in [2.45, 2.75) is 53.1 Å². The molecular weight excluding hydrogens is 428 g/mol. The molecule has 4 rings (SSSR count). The number of aryl methyl sites for hydroxylation is 1. The predicted molar refractivity (Wildman–Crippen MR) is 135 cm³/mol. The molecule has 6 heteroatoms. The van der Waals surface area contributed by atoms with E-state index in [4.69, 9.17) is 19.2 Å². The van der Waals surface area contributed by atoms with Crippen LogP contribution in [0.4, 0.5) is 5.69 Å². The Morgan fingerprint density at radius 1 is 1.09 bits per heavy atom. The third-order valence-corrected chi connectivity index (χ3v) is 6.21. The Kier molecular flexibility index (Phi) is 8.01. The van der Waals surface area contributed by atoms with Gasteiger partial charge in [0.25, 0.3) is 0 Å². The van der Waals surface area contributed by atoms with Crippen LogP contribution in [-0.2, 0) is 22.6 Å². The quantitative estimate of drug-likeness (QED) is 0.387. The molecule has 0 atom stereocenters. The van der Waals surface area contributed by atoms with E-state index in [1.807, 2.05) is 24.3 Å². The van der Waals surface area contributed by atoms with Gasteiger partial charge in [0.15, 0.2) is 0 Å². The molecule has 3 aromatic rings. The van der Waals surface area contributed by atoms with Gasteiger partial charge < -0.3 is 19.1 Å². The fourth-order valence-electron chi connectivity index (χ4n) is 4.13. The average molecular weight is 463 g/mol. The molecule has 1 amide bonds. The number of aromatic nitrogens is 1. The van der Waals surface area contributed by atoms with Crippen molar-refractivity contribution in [3.05, 3.63) is 59.3 Å². The summed E-state index contributed by atoms with van der Waals surface area (Å²) < 4.78 is 17.9. The molecule has 0 N–H and O–H groups in total. The molecule has 1 aliphatic rings. The molecule has 0 unspecified atom stereocenters. The summed E-state index contributed by atoms with van der Waals surface area (Å²) in [6, 6.07) is 14.0. The van der Waals surface area contributed by atoms with E-state index >= 15 is 0 Å². The SMILES string of the molecule is CCCCOc1c(C)c(COc2cccc(N3CCOCCC3=O)c2)nc2ccc(CC)cc12. The molecule has 1 fully saturated rings. The maximum absolute atomic E-state index is 12.4. The van der Waals surface area contributed by atoms with Crippen LogP contribution in [-0.4, -0.2) is 37.3 Å². The van der Waals surface area contributed by atoms with Crippen LogP contribution < -0.4 is 14.4 Å². The van der Waals surface area contributed by atoms with Gasteiger partial charge in [0, 0.05) is 29.2 Å². The van der Waals surface area contributed by atoms with Crippen molar-refractivity contribution < 1.29 is 19.0 Å². The summed E-state index contributed by atoms with van der Waals surface area (Å²) in [5.41, 5.74) is 4.87. The van der Waals surface area contributed by atoms with E-state index in [-0.39, 0.29) is 5.91 Å². The summed E-state index contributed by atoms with van der Waals surface area (Å²) in [6.45, 7) is 8.93. The summed E-state index contributed by atoms with van der Waals surface area (Å²) in [6.07, 6.45) is 3.46. The average Bonchev–Trinajstić information content (AvgIpc) is 3.08. The molecule has 0 spiro atoms. The molecule has 0 saturated carbocycles. The number of hydrogen-bond acceptors (Lipinski definition) is 5. The molecule has 1 aromatic heterocycles. The summed E-state index contributed by atoms with van der Waals surface area (Å²) >= 11 is 0. The maximum Gasteiger partial charge on any atom is 0.229 e. The predicted octanol–water partition coefficient (Wildman–Crippen LogP) is 5.62. The van der Waals surface area contributed by atoms with E-state index in [1.165, 1.54) is 5.56 Å². The maximum atomic E-state index is 12.4. The molecule has 6 nitrogen and oxygen atoms in total. The fourth-order valence-corrected chi connectivity index (χ4v) is 4.13.